The molecule has 1 amide bonds. The highest BCUT2D eigenvalue weighted by molar-refractivity contribution is 7.92. The van der Waals surface area contributed by atoms with Crippen LogP contribution in [0, 0.1) is 5.82 Å². The summed E-state index contributed by atoms with van der Waals surface area (Å²) in [6.07, 6.45) is 1.36. The molecule has 1 rings (SSSR count). The number of carbonyl (C=O) groups excluding carboxylic acids is 1. The molecular formula is C16H23FN2O3S. The van der Waals surface area contributed by atoms with Crippen LogP contribution in [0.5, 0.6) is 0 Å². The van der Waals surface area contributed by atoms with E-state index >= 15 is 0 Å². The third-order valence-electron chi connectivity index (χ3n) is 3.13. The van der Waals surface area contributed by atoms with Crippen molar-refractivity contribution in [2.24, 2.45) is 0 Å². The lowest BCUT2D eigenvalue weighted by atomic mass is 10.1. The van der Waals surface area contributed by atoms with Gasteiger partial charge in [-0.1, -0.05) is 12.1 Å². The predicted molar refractivity (Wildman–Crippen MR) is 89.5 cm³/mol. The maximum Gasteiger partial charge on any atom is 0.238 e. The molecule has 0 saturated carbocycles. The smallest absolute Gasteiger partial charge is 0.238 e. The van der Waals surface area contributed by atoms with Crippen molar-refractivity contribution >= 4 is 22.0 Å². The molecule has 0 spiro atoms. The average Bonchev–Trinajstić information content (AvgIpc) is 2.43. The highest BCUT2D eigenvalue weighted by atomic mass is 32.2. The van der Waals surface area contributed by atoms with E-state index in [1.807, 2.05) is 20.8 Å². The van der Waals surface area contributed by atoms with Crippen LogP contribution < -0.4 is 5.32 Å². The molecule has 0 saturated heterocycles. The fourth-order valence-corrected chi connectivity index (χ4v) is 2.75. The lowest BCUT2D eigenvalue weighted by molar-refractivity contribution is -0.125. The molecule has 1 atom stereocenters. The highest BCUT2D eigenvalue weighted by Gasteiger charge is 2.28. The molecule has 23 heavy (non-hydrogen) atoms. The van der Waals surface area contributed by atoms with Gasteiger partial charge in [0.05, 0.1) is 0 Å². The number of hydrogen-bond acceptors (Lipinski definition) is 3. The highest BCUT2D eigenvalue weighted by Crippen LogP contribution is 2.11. The lowest BCUT2D eigenvalue weighted by Gasteiger charge is -2.27. The van der Waals surface area contributed by atoms with E-state index in [4.69, 9.17) is 0 Å². The van der Waals surface area contributed by atoms with Crippen molar-refractivity contribution in [1.82, 2.24) is 9.62 Å². The SMILES string of the molecule is CC(C(=O)NC(C)(C)C)N(C)S(=O)(=O)/C=C/c1ccc(F)cc1. The van der Waals surface area contributed by atoms with Crippen LogP contribution in [0.4, 0.5) is 4.39 Å². The van der Waals surface area contributed by atoms with Gasteiger partial charge in [-0.05, 0) is 51.5 Å². The van der Waals surface area contributed by atoms with Gasteiger partial charge in [-0.3, -0.25) is 4.79 Å². The minimum Gasteiger partial charge on any atom is -0.350 e. The summed E-state index contributed by atoms with van der Waals surface area (Å²) in [6.45, 7) is 6.98. The Hall–Kier alpha value is -1.73. The van der Waals surface area contributed by atoms with Crippen LogP contribution in [0.3, 0.4) is 0 Å². The van der Waals surface area contributed by atoms with Crippen molar-refractivity contribution in [2.75, 3.05) is 7.05 Å². The molecule has 0 radical (unpaired) electrons. The largest absolute Gasteiger partial charge is 0.350 e. The molecule has 7 heteroatoms. The van der Waals surface area contributed by atoms with E-state index in [0.29, 0.717) is 5.56 Å². The van der Waals surface area contributed by atoms with Gasteiger partial charge in [0.2, 0.25) is 15.9 Å². The first-order chi connectivity index (χ1) is 10.4. The Labute approximate surface area is 137 Å². The fraction of sp³-hybridized carbons (Fsp3) is 0.438. The number of nitrogens with zero attached hydrogens (tertiary/aromatic N) is 1. The van der Waals surface area contributed by atoms with Crippen molar-refractivity contribution in [3.8, 4) is 0 Å². The number of sulfonamides is 1. The van der Waals surface area contributed by atoms with Crippen molar-refractivity contribution in [3.63, 3.8) is 0 Å². The first kappa shape index (κ1) is 19.3. The molecule has 0 bridgehead atoms. The quantitative estimate of drug-likeness (QED) is 0.893. The van der Waals surface area contributed by atoms with E-state index in [1.165, 1.54) is 44.3 Å². The standard InChI is InChI=1S/C16H23FN2O3S/c1-12(15(20)18-16(2,3)4)19(5)23(21,22)11-10-13-6-8-14(17)9-7-13/h6-12H,1-5H3,(H,18,20)/b11-10+. The molecule has 0 aliphatic heterocycles. The third kappa shape index (κ3) is 6.11. The molecule has 5 nitrogen and oxygen atoms in total. The molecule has 0 aromatic heterocycles. The van der Waals surface area contributed by atoms with E-state index < -0.39 is 27.4 Å². The Balaban J connectivity index is 2.86. The van der Waals surface area contributed by atoms with Crippen LogP contribution in [0.15, 0.2) is 29.7 Å². The van der Waals surface area contributed by atoms with Gasteiger partial charge in [0.15, 0.2) is 0 Å². The number of amides is 1. The number of hydrogen-bond donors (Lipinski definition) is 1. The molecule has 0 aliphatic carbocycles. The first-order valence-electron chi connectivity index (χ1n) is 7.16. The molecule has 1 N–H and O–H groups in total. The number of rotatable bonds is 5. The minimum absolute atomic E-state index is 0.376. The fourth-order valence-electron chi connectivity index (χ4n) is 1.69. The van der Waals surface area contributed by atoms with Crippen molar-refractivity contribution in [2.45, 2.75) is 39.3 Å². The Morgan fingerprint density at radius 2 is 1.78 bits per heavy atom. The summed E-state index contributed by atoms with van der Waals surface area (Å²) in [7, 11) is -2.43. The van der Waals surface area contributed by atoms with Crippen molar-refractivity contribution < 1.29 is 17.6 Å². The van der Waals surface area contributed by atoms with Gasteiger partial charge < -0.3 is 5.32 Å². The monoisotopic (exact) mass is 342 g/mol. The van der Waals surface area contributed by atoms with E-state index in [2.05, 4.69) is 5.32 Å². The van der Waals surface area contributed by atoms with E-state index in [9.17, 15) is 17.6 Å². The van der Waals surface area contributed by atoms with Crippen molar-refractivity contribution in [1.29, 1.82) is 0 Å². The lowest BCUT2D eigenvalue weighted by Crippen LogP contribution is -2.51. The Morgan fingerprint density at radius 1 is 1.26 bits per heavy atom. The van der Waals surface area contributed by atoms with Gasteiger partial charge in [0.1, 0.15) is 11.9 Å². The van der Waals surface area contributed by atoms with Crippen LogP contribution in [0.1, 0.15) is 33.3 Å². The Morgan fingerprint density at radius 3 is 2.26 bits per heavy atom. The molecule has 0 heterocycles. The normalized spacial score (nSPS) is 14.2. The summed E-state index contributed by atoms with van der Waals surface area (Å²) in [4.78, 5) is 12.1. The van der Waals surface area contributed by atoms with Gasteiger partial charge in [-0.2, -0.15) is 4.31 Å². The summed E-state index contributed by atoms with van der Waals surface area (Å²) in [6, 6.07) is 4.58. The van der Waals surface area contributed by atoms with E-state index in [0.717, 1.165) is 9.71 Å². The summed E-state index contributed by atoms with van der Waals surface area (Å²) in [5, 5.41) is 3.74. The molecule has 0 fully saturated rings. The zero-order valence-corrected chi connectivity index (χ0v) is 14.8. The topological polar surface area (TPSA) is 66.5 Å². The van der Waals surface area contributed by atoms with Gasteiger partial charge in [-0.15, -0.1) is 0 Å². The number of nitrogens with one attached hydrogen (secondary N) is 1. The second-order valence-corrected chi connectivity index (χ2v) is 8.21. The molecule has 128 valence electrons. The Kier molecular flexibility index (Phi) is 6.07. The second-order valence-electron chi connectivity index (χ2n) is 6.33. The van der Waals surface area contributed by atoms with Gasteiger partial charge in [-0.25, -0.2) is 12.8 Å². The van der Waals surface area contributed by atoms with Gasteiger partial charge >= 0.3 is 0 Å². The molecule has 0 aliphatic rings. The number of benzene rings is 1. The molecule has 1 aromatic carbocycles. The first-order valence-corrected chi connectivity index (χ1v) is 8.66. The summed E-state index contributed by atoms with van der Waals surface area (Å²) in [5.74, 6) is -0.770. The number of likely N-dealkylation sites (N-methyl/N-ethyl adjacent to an activating group) is 1. The molecule has 1 aromatic rings. The summed E-state index contributed by atoms with van der Waals surface area (Å²) < 4.78 is 38.4. The average molecular weight is 342 g/mol. The second kappa shape index (κ2) is 7.23. The van der Waals surface area contributed by atoms with E-state index in [1.54, 1.807) is 0 Å². The molecular weight excluding hydrogens is 319 g/mol. The number of carbonyl (C=O) groups is 1. The maximum atomic E-state index is 12.8. The van der Waals surface area contributed by atoms with Crippen LogP contribution >= 0.6 is 0 Å². The van der Waals surface area contributed by atoms with Crippen molar-refractivity contribution in [3.05, 3.63) is 41.1 Å². The minimum atomic E-state index is -3.77. The zero-order valence-electron chi connectivity index (χ0n) is 14.0. The predicted octanol–water partition coefficient (Wildman–Crippen LogP) is 2.36. The van der Waals surface area contributed by atoms with Crippen LogP contribution in [0.2, 0.25) is 0 Å². The van der Waals surface area contributed by atoms with Crippen LogP contribution in [0.25, 0.3) is 6.08 Å². The maximum absolute atomic E-state index is 12.8. The molecule has 1 unspecified atom stereocenters. The summed E-state index contributed by atoms with van der Waals surface area (Å²) in [5.41, 5.74) is 0.107. The summed E-state index contributed by atoms with van der Waals surface area (Å²) >= 11 is 0. The zero-order chi connectivity index (χ0) is 17.8. The van der Waals surface area contributed by atoms with Crippen LogP contribution in [-0.2, 0) is 14.8 Å². The van der Waals surface area contributed by atoms with Gasteiger partial charge in [0.25, 0.3) is 0 Å². The van der Waals surface area contributed by atoms with Gasteiger partial charge in [0, 0.05) is 18.0 Å². The van der Waals surface area contributed by atoms with E-state index in [-0.39, 0.29) is 5.91 Å². The third-order valence-corrected chi connectivity index (χ3v) is 4.73. The number of halogens is 1. The van der Waals surface area contributed by atoms with Crippen LogP contribution in [-0.4, -0.2) is 37.3 Å². The Bertz CT molecular complexity index is 676.